The molecule has 0 spiro atoms. The molecule has 25 heavy (non-hydrogen) atoms. The number of ether oxygens (including phenoxy) is 1. The SMILES string of the molecule is C[C@@H](OC(=O)/C=C/c1ccccc1Br)C(=O)NC1(C#N)CCCCC1. The van der Waals surface area contributed by atoms with Gasteiger partial charge in [-0.15, -0.1) is 0 Å². The Bertz CT molecular complexity index is 703. The second-order valence-electron chi connectivity index (χ2n) is 6.18. The van der Waals surface area contributed by atoms with Crippen LogP contribution in [0, 0.1) is 11.3 Å². The Kier molecular flexibility index (Phi) is 6.77. The molecule has 0 heterocycles. The molecule has 0 bridgehead atoms. The number of rotatable bonds is 5. The van der Waals surface area contributed by atoms with Crippen LogP contribution in [0.2, 0.25) is 0 Å². The summed E-state index contributed by atoms with van der Waals surface area (Å²) in [6.07, 6.45) is 6.12. The van der Waals surface area contributed by atoms with Gasteiger partial charge >= 0.3 is 5.97 Å². The molecule has 1 atom stereocenters. The molecule has 0 unspecified atom stereocenters. The Morgan fingerprint density at radius 2 is 2.00 bits per heavy atom. The smallest absolute Gasteiger partial charge is 0.331 e. The van der Waals surface area contributed by atoms with Crippen molar-refractivity contribution < 1.29 is 14.3 Å². The fourth-order valence-corrected chi connectivity index (χ4v) is 3.21. The zero-order valence-corrected chi connectivity index (χ0v) is 15.7. The van der Waals surface area contributed by atoms with Crippen LogP contribution in [0.3, 0.4) is 0 Å². The van der Waals surface area contributed by atoms with Gasteiger partial charge in [-0.25, -0.2) is 4.79 Å². The van der Waals surface area contributed by atoms with Crippen molar-refractivity contribution in [3.05, 3.63) is 40.4 Å². The van der Waals surface area contributed by atoms with Crippen LogP contribution in [-0.4, -0.2) is 23.5 Å². The van der Waals surface area contributed by atoms with Gasteiger partial charge in [0.25, 0.3) is 5.91 Å². The first-order valence-electron chi connectivity index (χ1n) is 8.32. The lowest BCUT2D eigenvalue weighted by atomic mass is 9.83. The minimum Gasteiger partial charge on any atom is -0.449 e. The largest absolute Gasteiger partial charge is 0.449 e. The third-order valence-electron chi connectivity index (χ3n) is 4.25. The minimum atomic E-state index is -0.955. The van der Waals surface area contributed by atoms with E-state index in [9.17, 15) is 14.9 Å². The van der Waals surface area contributed by atoms with Crippen LogP contribution in [-0.2, 0) is 14.3 Å². The van der Waals surface area contributed by atoms with E-state index >= 15 is 0 Å². The maximum Gasteiger partial charge on any atom is 0.331 e. The molecule has 0 aromatic heterocycles. The van der Waals surface area contributed by atoms with E-state index < -0.39 is 23.5 Å². The first kappa shape index (κ1) is 19.2. The van der Waals surface area contributed by atoms with Gasteiger partial charge in [-0.3, -0.25) is 4.79 Å². The second-order valence-corrected chi connectivity index (χ2v) is 7.03. The molecule has 0 radical (unpaired) electrons. The van der Waals surface area contributed by atoms with Gasteiger partial charge in [-0.1, -0.05) is 53.4 Å². The van der Waals surface area contributed by atoms with Crippen molar-refractivity contribution in [1.29, 1.82) is 5.26 Å². The Morgan fingerprint density at radius 1 is 1.32 bits per heavy atom. The van der Waals surface area contributed by atoms with Gasteiger partial charge in [-0.2, -0.15) is 5.26 Å². The summed E-state index contributed by atoms with van der Waals surface area (Å²) in [6, 6.07) is 9.67. The molecule has 1 saturated carbocycles. The lowest BCUT2D eigenvalue weighted by Gasteiger charge is -2.32. The monoisotopic (exact) mass is 404 g/mol. The standard InChI is InChI=1S/C19H21BrN2O3/c1-14(18(24)22-19(13-21)11-5-2-6-12-19)25-17(23)10-9-15-7-3-4-8-16(15)20/h3-4,7-10,14H,2,5-6,11-12H2,1H3,(H,22,24)/b10-9+/t14-/m1/s1. The minimum absolute atomic E-state index is 0.439. The Labute approximate surface area is 156 Å². The van der Waals surface area contributed by atoms with Gasteiger partial charge < -0.3 is 10.1 Å². The molecule has 0 saturated heterocycles. The van der Waals surface area contributed by atoms with Gasteiger partial charge in [-0.05, 0) is 37.5 Å². The number of halogens is 1. The number of carbonyl (C=O) groups is 2. The molecule has 1 aromatic carbocycles. The highest BCUT2D eigenvalue weighted by Gasteiger charge is 2.35. The molecule has 1 N–H and O–H groups in total. The normalized spacial score (nSPS) is 17.5. The quantitative estimate of drug-likeness (QED) is 0.598. The molecule has 2 rings (SSSR count). The van der Waals surface area contributed by atoms with Crippen molar-refractivity contribution in [2.24, 2.45) is 0 Å². The first-order chi connectivity index (χ1) is 12.0. The fourth-order valence-electron chi connectivity index (χ4n) is 2.79. The van der Waals surface area contributed by atoms with Crippen molar-refractivity contribution in [2.45, 2.75) is 50.7 Å². The highest BCUT2D eigenvalue weighted by atomic mass is 79.9. The number of hydrogen-bond acceptors (Lipinski definition) is 4. The van der Waals surface area contributed by atoms with E-state index in [-0.39, 0.29) is 0 Å². The number of amides is 1. The topological polar surface area (TPSA) is 79.2 Å². The zero-order valence-electron chi connectivity index (χ0n) is 14.1. The fraction of sp³-hybridized carbons (Fsp3) is 0.421. The molecule has 132 valence electrons. The predicted octanol–water partition coefficient (Wildman–Crippen LogP) is 3.74. The number of benzene rings is 1. The van der Waals surface area contributed by atoms with Crippen LogP contribution in [0.15, 0.2) is 34.8 Å². The predicted molar refractivity (Wildman–Crippen MR) is 98.3 cm³/mol. The highest BCUT2D eigenvalue weighted by Crippen LogP contribution is 2.27. The Balaban J connectivity index is 1.91. The van der Waals surface area contributed by atoms with Crippen molar-refractivity contribution in [2.75, 3.05) is 0 Å². The number of carbonyl (C=O) groups excluding carboxylic acids is 2. The summed E-state index contributed by atoms with van der Waals surface area (Å²) in [5.74, 6) is -1.04. The van der Waals surface area contributed by atoms with Crippen molar-refractivity contribution in [1.82, 2.24) is 5.32 Å². The molecule has 1 aliphatic carbocycles. The van der Waals surface area contributed by atoms with E-state index in [1.165, 1.54) is 13.0 Å². The molecular weight excluding hydrogens is 384 g/mol. The molecule has 1 aromatic rings. The summed E-state index contributed by atoms with van der Waals surface area (Å²) >= 11 is 3.39. The van der Waals surface area contributed by atoms with E-state index in [0.717, 1.165) is 29.3 Å². The molecule has 1 fully saturated rings. The van der Waals surface area contributed by atoms with Crippen LogP contribution in [0.5, 0.6) is 0 Å². The summed E-state index contributed by atoms with van der Waals surface area (Å²) in [4.78, 5) is 24.2. The molecular formula is C19H21BrN2O3. The van der Waals surface area contributed by atoms with E-state index in [0.29, 0.717) is 12.8 Å². The average Bonchev–Trinajstić information content (AvgIpc) is 2.61. The molecule has 6 heteroatoms. The van der Waals surface area contributed by atoms with Gasteiger partial charge in [0.1, 0.15) is 5.54 Å². The number of nitriles is 1. The highest BCUT2D eigenvalue weighted by molar-refractivity contribution is 9.10. The maximum absolute atomic E-state index is 12.3. The molecule has 1 aliphatic rings. The second kappa shape index (κ2) is 8.82. The summed E-state index contributed by atoms with van der Waals surface area (Å²) in [5.41, 5.74) is 0.00277. The average molecular weight is 405 g/mol. The van der Waals surface area contributed by atoms with Crippen molar-refractivity contribution in [3.8, 4) is 6.07 Å². The van der Waals surface area contributed by atoms with Crippen LogP contribution < -0.4 is 5.32 Å². The maximum atomic E-state index is 12.3. The van der Waals surface area contributed by atoms with Gasteiger partial charge in [0, 0.05) is 10.5 Å². The molecule has 5 nitrogen and oxygen atoms in total. The van der Waals surface area contributed by atoms with E-state index in [1.54, 1.807) is 6.08 Å². The summed E-state index contributed by atoms with van der Waals surface area (Å²) < 4.78 is 6.00. The van der Waals surface area contributed by atoms with Crippen molar-refractivity contribution >= 4 is 33.9 Å². The van der Waals surface area contributed by atoms with E-state index in [1.807, 2.05) is 24.3 Å². The van der Waals surface area contributed by atoms with Crippen LogP contribution in [0.4, 0.5) is 0 Å². The number of nitrogens with zero attached hydrogens (tertiary/aromatic N) is 1. The number of nitrogens with one attached hydrogen (secondary N) is 1. The molecule has 0 aliphatic heterocycles. The van der Waals surface area contributed by atoms with Crippen LogP contribution >= 0.6 is 15.9 Å². The lowest BCUT2D eigenvalue weighted by molar-refractivity contribution is -0.150. The van der Waals surface area contributed by atoms with Gasteiger partial charge in [0.15, 0.2) is 6.10 Å². The van der Waals surface area contributed by atoms with Crippen molar-refractivity contribution in [3.63, 3.8) is 0 Å². The first-order valence-corrected chi connectivity index (χ1v) is 9.11. The lowest BCUT2D eigenvalue weighted by Crippen LogP contribution is -2.52. The van der Waals surface area contributed by atoms with E-state index in [4.69, 9.17) is 4.74 Å². The van der Waals surface area contributed by atoms with Gasteiger partial charge in [0.2, 0.25) is 0 Å². The molecule has 1 amide bonds. The summed E-state index contributed by atoms with van der Waals surface area (Å²) in [5, 5.41) is 12.2. The summed E-state index contributed by atoms with van der Waals surface area (Å²) in [6.45, 7) is 1.51. The number of esters is 1. The third-order valence-corrected chi connectivity index (χ3v) is 4.97. The Hall–Kier alpha value is -2.13. The zero-order chi connectivity index (χ0) is 18.3. The van der Waals surface area contributed by atoms with Crippen LogP contribution in [0.25, 0.3) is 6.08 Å². The van der Waals surface area contributed by atoms with Gasteiger partial charge in [0.05, 0.1) is 6.07 Å². The Morgan fingerprint density at radius 3 is 2.64 bits per heavy atom. The number of hydrogen-bond donors (Lipinski definition) is 1. The summed E-state index contributed by atoms with van der Waals surface area (Å²) in [7, 11) is 0. The third kappa shape index (κ3) is 5.43. The van der Waals surface area contributed by atoms with Crippen LogP contribution in [0.1, 0.15) is 44.6 Å². The van der Waals surface area contributed by atoms with E-state index in [2.05, 4.69) is 27.3 Å².